The predicted molar refractivity (Wildman–Crippen MR) is 132 cm³/mol. The van der Waals surface area contributed by atoms with Gasteiger partial charge in [-0.2, -0.15) is 0 Å². The number of benzene rings is 3. The quantitative estimate of drug-likeness (QED) is 0.508. The van der Waals surface area contributed by atoms with E-state index in [0.29, 0.717) is 39.8 Å². The van der Waals surface area contributed by atoms with E-state index in [1.54, 1.807) is 29.2 Å². The highest BCUT2D eigenvalue weighted by molar-refractivity contribution is 8.02. The minimum absolute atomic E-state index is 0.116. The maximum atomic E-state index is 14.2. The Morgan fingerprint density at radius 2 is 1.66 bits per heavy atom. The van der Waals surface area contributed by atoms with Gasteiger partial charge < -0.3 is 19.1 Å². The minimum Gasteiger partial charge on any atom is -0.493 e. The first-order valence-electron chi connectivity index (χ1n) is 10.9. The summed E-state index contributed by atoms with van der Waals surface area (Å²) in [5.74, 6) is 0.381. The fraction of sp³-hybridized carbons (Fsp3) is 0.231. The standard InChI is InChI=1S/C26H23FN2O5S/c1-32-21-12-18(13-22(33-2)24(21)34-3)29-23(30)15-35-26(29)19-9-4-5-10-20(19)28(25(26)31)14-16-7-6-8-17(27)11-16/h4-13H,14-15H2,1-3H3/t26-/m0/s1. The summed E-state index contributed by atoms with van der Waals surface area (Å²) < 4.78 is 30.3. The summed E-state index contributed by atoms with van der Waals surface area (Å²) >= 11 is 1.27. The molecular formula is C26H23FN2O5S. The van der Waals surface area contributed by atoms with Gasteiger partial charge in [-0.3, -0.25) is 14.5 Å². The molecule has 35 heavy (non-hydrogen) atoms. The van der Waals surface area contributed by atoms with E-state index in [-0.39, 0.29) is 29.9 Å². The van der Waals surface area contributed by atoms with E-state index in [1.807, 2.05) is 24.3 Å². The van der Waals surface area contributed by atoms with Crippen molar-refractivity contribution in [3.63, 3.8) is 0 Å². The third kappa shape index (κ3) is 3.49. The molecule has 3 aromatic rings. The zero-order valence-corrected chi connectivity index (χ0v) is 20.2. The molecular weight excluding hydrogens is 471 g/mol. The van der Waals surface area contributed by atoms with Crippen LogP contribution in [0.3, 0.4) is 0 Å². The van der Waals surface area contributed by atoms with Crippen LogP contribution in [0, 0.1) is 5.82 Å². The smallest absolute Gasteiger partial charge is 0.269 e. The van der Waals surface area contributed by atoms with Gasteiger partial charge in [0.25, 0.3) is 5.91 Å². The number of halogens is 1. The topological polar surface area (TPSA) is 68.3 Å². The molecule has 0 N–H and O–H groups in total. The first kappa shape index (κ1) is 23.0. The van der Waals surface area contributed by atoms with E-state index in [1.165, 1.54) is 50.1 Å². The third-order valence-corrected chi connectivity index (χ3v) is 7.59. The predicted octanol–water partition coefficient (Wildman–Crippen LogP) is 4.33. The van der Waals surface area contributed by atoms with Gasteiger partial charge in [-0.15, -0.1) is 11.8 Å². The molecule has 0 saturated carbocycles. The monoisotopic (exact) mass is 494 g/mol. The highest BCUT2D eigenvalue weighted by Gasteiger charge is 2.61. The van der Waals surface area contributed by atoms with E-state index in [0.717, 1.165) is 0 Å². The number of para-hydroxylation sites is 1. The summed E-state index contributed by atoms with van der Waals surface area (Å²) in [6, 6.07) is 16.9. The number of fused-ring (bicyclic) bond motifs is 2. The molecule has 2 aliphatic rings. The van der Waals surface area contributed by atoms with Gasteiger partial charge in [0.05, 0.1) is 45.0 Å². The lowest BCUT2D eigenvalue weighted by molar-refractivity contribution is -0.123. The minimum atomic E-state index is -1.31. The number of anilines is 2. The number of ether oxygens (including phenoxy) is 3. The summed E-state index contributed by atoms with van der Waals surface area (Å²) in [5, 5.41) is 0. The Labute approximate surface area is 206 Å². The van der Waals surface area contributed by atoms with Crippen LogP contribution in [0.5, 0.6) is 17.2 Å². The number of rotatable bonds is 6. The second kappa shape index (κ2) is 8.81. The summed E-state index contributed by atoms with van der Waals surface area (Å²) in [5.41, 5.74) is 2.48. The molecule has 1 atom stereocenters. The van der Waals surface area contributed by atoms with Crippen molar-refractivity contribution in [2.75, 3.05) is 36.9 Å². The zero-order valence-electron chi connectivity index (χ0n) is 19.4. The number of thioether (sulfide) groups is 1. The van der Waals surface area contributed by atoms with Gasteiger partial charge in [0.2, 0.25) is 16.5 Å². The van der Waals surface area contributed by atoms with Gasteiger partial charge in [0.1, 0.15) is 5.82 Å². The second-order valence-corrected chi connectivity index (χ2v) is 9.25. The van der Waals surface area contributed by atoms with Gasteiger partial charge in [0, 0.05) is 17.7 Å². The van der Waals surface area contributed by atoms with E-state index in [9.17, 15) is 14.0 Å². The van der Waals surface area contributed by atoms with Crippen LogP contribution in [0.25, 0.3) is 0 Å². The summed E-state index contributed by atoms with van der Waals surface area (Å²) in [4.78, 5) is 29.3. The number of nitrogens with zero attached hydrogens (tertiary/aromatic N) is 2. The maximum absolute atomic E-state index is 14.2. The van der Waals surface area contributed by atoms with Crippen LogP contribution in [0.15, 0.2) is 60.7 Å². The Bertz CT molecular complexity index is 1310. The average molecular weight is 495 g/mol. The van der Waals surface area contributed by atoms with Crippen molar-refractivity contribution < 1.29 is 28.2 Å². The molecule has 1 fully saturated rings. The highest BCUT2D eigenvalue weighted by atomic mass is 32.2. The molecule has 0 aliphatic carbocycles. The van der Waals surface area contributed by atoms with Crippen molar-refractivity contribution >= 4 is 35.0 Å². The first-order chi connectivity index (χ1) is 16.9. The average Bonchev–Trinajstić information content (AvgIpc) is 3.34. The van der Waals surface area contributed by atoms with Crippen LogP contribution in [0.2, 0.25) is 0 Å². The van der Waals surface area contributed by atoms with Crippen LogP contribution in [-0.2, 0) is 21.0 Å². The van der Waals surface area contributed by atoms with Crippen molar-refractivity contribution in [3.8, 4) is 17.2 Å². The normalized spacial score (nSPS) is 18.9. The lowest BCUT2D eigenvalue weighted by atomic mass is 10.0. The van der Waals surface area contributed by atoms with E-state index in [2.05, 4.69) is 0 Å². The Kier molecular flexibility index (Phi) is 5.80. The van der Waals surface area contributed by atoms with Crippen LogP contribution in [-0.4, -0.2) is 38.9 Å². The van der Waals surface area contributed by atoms with E-state index < -0.39 is 4.87 Å². The number of methoxy groups -OCH3 is 3. The molecule has 5 rings (SSSR count). The number of carbonyl (C=O) groups is 2. The Morgan fingerprint density at radius 3 is 2.31 bits per heavy atom. The molecule has 180 valence electrons. The van der Waals surface area contributed by atoms with Gasteiger partial charge in [-0.1, -0.05) is 30.3 Å². The van der Waals surface area contributed by atoms with Crippen molar-refractivity contribution in [2.45, 2.75) is 11.4 Å². The van der Waals surface area contributed by atoms with E-state index >= 15 is 0 Å². The fourth-order valence-corrected chi connectivity index (χ4v) is 6.09. The molecule has 1 saturated heterocycles. The van der Waals surface area contributed by atoms with Gasteiger partial charge in [0.15, 0.2) is 11.5 Å². The highest BCUT2D eigenvalue weighted by Crippen LogP contribution is 2.57. The van der Waals surface area contributed by atoms with Crippen LogP contribution in [0.4, 0.5) is 15.8 Å². The van der Waals surface area contributed by atoms with Gasteiger partial charge >= 0.3 is 0 Å². The van der Waals surface area contributed by atoms with Crippen molar-refractivity contribution in [2.24, 2.45) is 0 Å². The maximum Gasteiger partial charge on any atom is 0.269 e. The molecule has 2 heterocycles. The molecule has 3 aromatic carbocycles. The Morgan fingerprint density at radius 1 is 0.943 bits per heavy atom. The van der Waals surface area contributed by atoms with Crippen LogP contribution in [0.1, 0.15) is 11.1 Å². The largest absolute Gasteiger partial charge is 0.493 e. The molecule has 7 nitrogen and oxygen atoms in total. The summed E-state index contributed by atoms with van der Waals surface area (Å²) in [7, 11) is 4.49. The SMILES string of the molecule is COc1cc(N2C(=O)CS[C@@]23C(=O)N(Cc2cccc(F)c2)c2ccccc23)cc(OC)c1OC. The second-order valence-electron chi connectivity index (χ2n) is 8.08. The number of carbonyl (C=O) groups excluding carboxylic acids is 2. The zero-order chi connectivity index (χ0) is 24.7. The van der Waals surface area contributed by atoms with Crippen molar-refractivity contribution in [3.05, 3.63) is 77.6 Å². The van der Waals surface area contributed by atoms with E-state index in [4.69, 9.17) is 14.2 Å². The van der Waals surface area contributed by atoms with Crippen molar-refractivity contribution in [1.82, 2.24) is 0 Å². The molecule has 0 aromatic heterocycles. The van der Waals surface area contributed by atoms with Crippen LogP contribution >= 0.6 is 11.8 Å². The van der Waals surface area contributed by atoms with Gasteiger partial charge in [-0.05, 0) is 23.8 Å². The van der Waals surface area contributed by atoms with Gasteiger partial charge in [-0.25, -0.2) is 4.39 Å². The number of hydrogen-bond donors (Lipinski definition) is 0. The molecule has 1 spiro atoms. The molecule has 2 aliphatic heterocycles. The Balaban J connectivity index is 1.66. The number of hydrogen-bond acceptors (Lipinski definition) is 6. The lowest BCUT2D eigenvalue weighted by Gasteiger charge is -2.33. The summed E-state index contributed by atoms with van der Waals surface area (Å²) in [6.07, 6.45) is 0. The molecule has 9 heteroatoms. The van der Waals surface area contributed by atoms with Crippen LogP contribution < -0.4 is 24.0 Å². The third-order valence-electron chi connectivity index (χ3n) is 6.20. The van der Waals surface area contributed by atoms with Crippen molar-refractivity contribution in [1.29, 1.82) is 0 Å². The molecule has 0 bridgehead atoms. The molecule has 2 amide bonds. The summed E-state index contributed by atoms with van der Waals surface area (Å²) in [6.45, 7) is 0.174. The Hall–Kier alpha value is -3.72. The fourth-order valence-electron chi connectivity index (χ4n) is 4.73. The molecule has 0 unspecified atom stereocenters. The number of amides is 2. The lowest BCUT2D eigenvalue weighted by Crippen LogP contribution is -2.49. The first-order valence-corrected chi connectivity index (χ1v) is 11.9. The molecule has 0 radical (unpaired) electrons.